The van der Waals surface area contributed by atoms with Crippen molar-refractivity contribution in [1.82, 2.24) is 9.62 Å². The second kappa shape index (κ2) is 7.46. The molecule has 1 aromatic carbocycles. The molecule has 1 rings (SSSR count). The predicted molar refractivity (Wildman–Crippen MR) is 75.4 cm³/mol. The molecule has 0 aliphatic heterocycles. The summed E-state index contributed by atoms with van der Waals surface area (Å²) in [5.41, 5.74) is -0.370. The third-order valence-electron chi connectivity index (χ3n) is 2.89. The SMILES string of the molecule is CCN(CCCNC(=O)c1cccc(F)c1F)S(C)(=O)=O. The normalized spacial score (nSPS) is 11.7. The molecule has 0 spiro atoms. The first-order valence-electron chi connectivity index (χ1n) is 6.44. The summed E-state index contributed by atoms with van der Waals surface area (Å²) in [5.74, 6) is -3.01. The third kappa shape index (κ3) is 5.05. The highest BCUT2D eigenvalue weighted by Crippen LogP contribution is 2.11. The van der Waals surface area contributed by atoms with Crippen molar-refractivity contribution < 1.29 is 22.0 Å². The van der Waals surface area contributed by atoms with E-state index in [-0.39, 0.29) is 18.7 Å². The highest BCUT2D eigenvalue weighted by Gasteiger charge is 2.16. The van der Waals surface area contributed by atoms with Crippen molar-refractivity contribution >= 4 is 15.9 Å². The molecule has 1 aromatic rings. The fourth-order valence-electron chi connectivity index (χ4n) is 1.79. The molecule has 0 unspecified atom stereocenters. The number of rotatable bonds is 7. The molecule has 5 nitrogen and oxygen atoms in total. The molecule has 0 atom stereocenters. The molecule has 0 bridgehead atoms. The Morgan fingerprint density at radius 2 is 2.00 bits per heavy atom. The molecular formula is C13H18F2N2O3S. The zero-order valence-electron chi connectivity index (χ0n) is 11.9. The Morgan fingerprint density at radius 1 is 1.33 bits per heavy atom. The van der Waals surface area contributed by atoms with E-state index < -0.39 is 27.6 Å². The maximum absolute atomic E-state index is 13.4. The Labute approximate surface area is 123 Å². The lowest BCUT2D eigenvalue weighted by Gasteiger charge is -2.17. The molecule has 8 heteroatoms. The number of benzene rings is 1. The Balaban J connectivity index is 2.49. The highest BCUT2D eigenvalue weighted by molar-refractivity contribution is 7.88. The summed E-state index contributed by atoms with van der Waals surface area (Å²) in [7, 11) is -3.27. The van der Waals surface area contributed by atoms with Gasteiger partial charge in [0.25, 0.3) is 5.91 Å². The first kappa shape index (κ1) is 17.5. The zero-order valence-corrected chi connectivity index (χ0v) is 12.7. The van der Waals surface area contributed by atoms with Crippen molar-refractivity contribution in [3.05, 3.63) is 35.4 Å². The molecule has 0 radical (unpaired) electrons. The van der Waals surface area contributed by atoms with Gasteiger partial charge in [-0.15, -0.1) is 0 Å². The van der Waals surface area contributed by atoms with Crippen LogP contribution in [0.1, 0.15) is 23.7 Å². The van der Waals surface area contributed by atoms with Gasteiger partial charge in [-0.05, 0) is 18.6 Å². The quantitative estimate of drug-likeness (QED) is 0.772. The summed E-state index contributed by atoms with van der Waals surface area (Å²) in [6.07, 6.45) is 1.49. The molecule has 0 aliphatic carbocycles. The van der Waals surface area contributed by atoms with Crippen LogP contribution in [0.5, 0.6) is 0 Å². The number of hydrogen-bond donors (Lipinski definition) is 1. The largest absolute Gasteiger partial charge is 0.352 e. The average Bonchev–Trinajstić information content (AvgIpc) is 2.40. The maximum Gasteiger partial charge on any atom is 0.254 e. The van der Waals surface area contributed by atoms with Gasteiger partial charge in [0.2, 0.25) is 10.0 Å². The summed E-state index contributed by atoms with van der Waals surface area (Å²) in [6, 6.07) is 3.36. The summed E-state index contributed by atoms with van der Waals surface area (Å²) in [6.45, 7) is 2.47. The van der Waals surface area contributed by atoms with E-state index in [9.17, 15) is 22.0 Å². The van der Waals surface area contributed by atoms with Gasteiger partial charge in [0.15, 0.2) is 11.6 Å². The van der Waals surface area contributed by atoms with Crippen molar-refractivity contribution in [3.63, 3.8) is 0 Å². The van der Waals surface area contributed by atoms with Crippen LogP contribution in [-0.4, -0.2) is 44.5 Å². The van der Waals surface area contributed by atoms with E-state index in [1.54, 1.807) is 6.92 Å². The van der Waals surface area contributed by atoms with Gasteiger partial charge < -0.3 is 5.32 Å². The molecule has 0 aromatic heterocycles. The van der Waals surface area contributed by atoms with Crippen LogP contribution in [0.25, 0.3) is 0 Å². The third-order valence-corrected chi connectivity index (χ3v) is 4.27. The first-order chi connectivity index (χ1) is 9.77. The molecular weight excluding hydrogens is 302 g/mol. The number of amides is 1. The second-order valence-corrected chi connectivity index (χ2v) is 6.45. The van der Waals surface area contributed by atoms with E-state index in [0.29, 0.717) is 13.0 Å². The van der Waals surface area contributed by atoms with Gasteiger partial charge in [-0.25, -0.2) is 21.5 Å². The van der Waals surface area contributed by atoms with E-state index in [0.717, 1.165) is 12.3 Å². The van der Waals surface area contributed by atoms with Crippen molar-refractivity contribution in [3.8, 4) is 0 Å². The summed E-state index contributed by atoms with van der Waals surface area (Å²) < 4.78 is 50.3. The van der Waals surface area contributed by atoms with E-state index in [4.69, 9.17) is 0 Å². The van der Waals surface area contributed by atoms with Crippen LogP contribution in [0.4, 0.5) is 8.78 Å². The molecule has 1 amide bonds. The molecule has 0 saturated carbocycles. The fourth-order valence-corrected chi connectivity index (χ4v) is 2.72. The summed E-state index contributed by atoms with van der Waals surface area (Å²) in [4.78, 5) is 11.7. The van der Waals surface area contributed by atoms with Crippen LogP contribution in [0.3, 0.4) is 0 Å². The van der Waals surface area contributed by atoms with Crippen LogP contribution in [0, 0.1) is 11.6 Å². The van der Waals surface area contributed by atoms with E-state index in [1.165, 1.54) is 16.4 Å². The standard InChI is InChI=1S/C13H18F2N2O3S/c1-3-17(21(2,19)20)9-5-8-16-13(18)10-6-4-7-11(14)12(10)15/h4,6-7H,3,5,8-9H2,1-2H3,(H,16,18). The Morgan fingerprint density at radius 3 is 2.57 bits per heavy atom. The number of carbonyl (C=O) groups excluding carboxylic acids is 1. The van der Waals surface area contributed by atoms with Crippen LogP contribution < -0.4 is 5.32 Å². The fraction of sp³-hybridized carbons (Fsp3) is 0.462. The smallest absolute Gasteiger partial charge is 0.254 e. The number of carbonyl (C=O) groups is 1. The minimum absolute atomic E-state index is 0.167. The Bertz CT molecular complexity index is 605. The monoisotopic (exact) mass is 320 g/mol. The lowest BCUT2D eigenvalue weighted by molar-refractivity contribution is 0.0947. The first-order valence-corrected chi connectivity index (χ1v) is 8.29. The van der Waals surface area contributed by atoms with Crippen LogP contribution in [0.2, 0.25) is 0 Å². The molecule has 1 N–H and O–H groups in total. The van der Waals surface area contributed by atoms with Gasteiger partial charge >= 0.3 is 0 Å². The molecule has 0 fully saturated rings. The average molecular weight is 320 g/mol. The van der Waals surface area contributed by atoms with Crippen LogP contribution in [0.15, 0.2) is 18.2 Å². The summed E-state index contributed by atoms with van der Waals surface area (Å²) >= 11 is 0. The Kier molecular flexibility index (Phi) is 6.22. The van der Waals surface area contributed by atoms with E-state index in [1.807, 2.05) is 0 Å². The minimum atomic E-state index is -3.27. The summed E-state index contributed by atoms with van der Waals surface area (Å²) in [5, 5.41) is 2.43. The topological polar surface area (TPSA) is 66.5 Å². The van der Waals surface area contributed by atoms with Crippen molar-refractivity contribution in [1.29, 1.82) is 0 Å². The zero-order chi connectivity index (χ0) is 16.0. The van der Waals surface area contributed by atoms with Gasteiger partial charge in [0, 0.05) is 19.6 Å². The predicted octanol–water partition coefficient (Wildman–Crippen LogP) is 1.37. The van der Waals surface area contributed by atoms with Crippen molar-refractivity contribution in [2.24, 2.45) is 0 Å². The molecule has 21 heavy (non-hydrogen) atoms. The number of halogens is 2. The van der Waals surface area contributed by atoms with E-state index in [2.05, 4.69) is 5.32 Å². The number of nitrogens with zero attached hydrogens (tertiary/aromatic N) is 1. The van der Waals surface area contributed by atoms with Gasteiger partial charge in [-0.3, -0.25) is 4.79 Å². The second-order valence-electron chi connectivity index (χ2n) is 4.47. The number of sulfonamides is 1. The lowest BCUT2D eigenvalue weighted by Crippen LogP contribution is -2.33. The maximum atomic E-state index is 13.4. The molecule has 0 heterocycles. The van der Waals surface area contributed by atoms with Gasteiger partial charge in [-0.2, -0.15) is 0 Å². The van der Waals surface area contributed by atoms with E-state index >= 15 is 0 Å². The molecule has 0 saturated heterocycles. The number of hydrogen-bond acceptors (Lipinski definition) is 3. The van der Waals surface area contributed by atoms with Crippen LogP contribution in [-0.2, 0) is 10.0 Å². The van der Waals surface area contributed by atoms with Crippen LogP contribution >= 0.6 is 0 Å². The van der Waals surface area contributed by atoms with Gasteiger partial charge in [-0.1, -0.05) is 13.0 Å². The minimum Gasteiger partial charge on any atom is -0.352 e. The van der Waals surface area contributed by atoms with Gasteiger partial charge in [0.1, 0.15) is 0 Å². The highest BCUT2D eigenvalue weighted by atomic mass is 32.2. The number of nitrogens with one attached hydrogen (secondary N) is 1. The molecule has 0 aliphatic rings. The lowest BCUT2D eigenvalue weighted by atomic mass is 10.2. The van der Waals surface area contributed by atoms with Gasteiger partial charge in [0.05, 0.1) is 11.8 Å². The Hall–Kier alpha value is -1.54. The van der Waals surface area contributed by atoms with Crippen molar-refractivity contribution in [2.45, 2.75) is 13.3 Å². The van der Waals surface area contributed by atoms with Crippen molar-refractivity contribution in [2.75, 3.05) is 25.9 Å². The molecule has 118 valence electrons.